The van der Waals surface area contributed by atoms with Gasteiger partial charge in [-0.15, -0.1) is 0 Å². The second-order valence-corrected chi connectivity index (χ2v) is 4.27. The van der Waals surface area contributed by atoms with E-state index in [4.69, 9.17) is 11.6 Å². The molecule has 94 valence electrons. The fourth-order valence-corrected chi connectivity index (χ4v) is 1.94. The maximum Gasteiger partial charge on any atom is 0.160 e. The Labute approximate surface area is 109 Å². The van der Waals surface area contributed by atoms with Gasteiger partial charge in [0.1, 0.15) is 0 Å². The van der Waals surface area contributed by atoms with Crippen LogP contribution in [0.15, 0.2) is 30.6 Å². The van der Waals surface area contributed by atoms with Crippen molar-refractivity contribution < 1.29 is 8.78 Å². The van der Waals surface area contributed by atoms with E-state index in [1.165, 1.54) is 0 Å². The summed E-state index contributed by atoms with van der Waals surface area (Å²) >= 11 is 5.92. The number of nitrogens with zero attached hydrogens (tertiary/aromatic N) is 1. The van der Waals surface area contributed by atoms with Crippen LogP contribution in [-0.2, 0) is 6.54 Å². The number of halogens is 3. The molecule has 0 radical (unpaired) electrons. The Morgan fingerprint density at radius 2 is 1.89 bits per heavy atom. The Morgan fingerprint density at radius 1 is 1.17 bits per heavy atom. The molecule has 0 bridgehead atoms. The first-order valence-electron chi connectivity index (χ1n) is 5.35. The molecule has 0 amide bonds. The molecule has 0 atom stereocenters. The van der Waals surface area contributed by atoms with Crippen molar-refractivity contribution in [1.82, 2.24) is 10.3 Å². The van der Waals surface area contributed by atoms with Crippen molar-refractivity contribution in [1.29, 1.82) is 0 Å². The highest BCUT2D eigenvalue weighted by Crippen LogP contribution is 2.29. The van der Waals surface area contributed by atoms with Crippen LogP contribution < -0.4 is 5.32 Å². The Kier molecular flexibility index (Phi) is 3.89. The van der Waals surface area contributed by atoms with Crippen molar-refractivity contribution in [3.63, 3.8) is 0 Å². The lowest BCUT2D eigenvalue weighted by atomic mass is 10.1. The average Bonchev–Trinajstić information content (AvgIpc) is 2.34. The van der Waals surface area contributed by atoms with E-state index in [0.717, 1.165) is 17.7 Å². The molecule has 2 aromatic rings. The van der Waals surface area contributed by atoms with Crippen molar-refractivity contribution in [2.45, 2.75) is 6.54 Å². The first-order chi connectivity index (χ1) is 8.61. The highest BCUT2D eigenvalue weighted by molar-refractivity contribution is 6.33. The van der Waals surface area contributed by atoms with Gasteiger partial charge in [-0.1, -0.05) is 11.6 Å². The number of aromatic nitrogens is 1. The molecule has 0 unspecified atom stereocenters. The number of nitrogens with one attached hydrogen (secondary N) is 1. The van der Waals surface area contributed by atoms with E-state index in [9.17, 15) is 8.78 Å². The van der Waals surface area contributed by atoms with E-state index < -0.39 is 11.6 Å². The topological polar surface area (TPSA) is 24.9 Å². The van der Waals surface area contributed by atoms with E-state index >= 15 is 0 Å². The van der Waals surface area contributed by atoms with Crippen LogP contribution in [0.1, 0.15) is 5.56 Å². The zero-order chi connectivity index (χ0) is 13.1. The summed E-state index contributed by atoms with van der Waals surface area (Å²) in [6, 6.07) is 3.89. The van der Waals surface area contributed by atoms with Crippen LogP contribution in [0.25, 0.3) is 11.1 Å². The third kappa shape index (κ3) is 2.66. The summed E-state index contributed by atoms with van der Waals surface area (Å²) in [6.07, 6.45) is 3.27. The maximum atomic E-state index is 13.2. The highest BCUT2D eigenvalue weighted by Gasteiger charge is 2.10. The van der Waals surface area contributed by atoms with Gasteiger partial charge < -0.3 is 5.32 Å². The largest absolute Gasteiger partial charge is 0.316 e. The molecule has 1 aromatic carbocycles. The average molecular weight is 269 g/mol. The summed E-state index contributed by atoms with van der Waals surface area (Å²) in [6.45, 7) is 0.641. The quantitative estimate of drug-likeness (QED) is 0.863. The molecule has 1 heterocycles. The fraction of sp³-hybridized carbons (Fsp3) is 0.154. The van der Waals surface area contributed by atoms with Crippen LogP contribution in [0.5, 0.6) is 0 Å². The molecule has 0 aliphatic carbocycles. The zero-order valence-corrected chi connectivity index (χ0v) is 10.4. The van der Waals surface area contributed by atoms with Gasteiger partial charge in [-0.25, -0.2) is 8.78 Å². The van der Waals surface area contributed by atoms with E-state index in [1.807, 2.05) is 13.1 Å². The zero-order valence-electron chi connectivity index (χ0n) is 9.67. The molecule has 1 aromatic heterocycles. The Bertz CT molecular complexity index is 573. The Morgan fingerprint density at radius 3 is 2.61 bits per heavy atom. The predicted octanol–water partition coefficient (Wildman–Crippen LogP) is 3.40. The van der Waals surface area contributed by atoms with Crippen LogP contribution in [-0.4, -0.2) is 12.0 Å². The van der Waals surface area contributed by atoms with Crippen molar-refractivity contribution in [2.24, 2.45) is 0 Å². The summed E-state index contributed by atoms with van der Waals surface area (Å²) in [5.41, 5.74) is 2.03. The predicted molar refractivity (Wildman–Crippen MR) is 67.4 cm³/mol. The van der Waals surface area contributed by atoms with Gasteiger partial charge >= 0.3 is 0 Å². The third-order valence-electron chi connectivity index (χ3n) is 2.50. The molecule has 0 saturated heterocycles. The maximum absolute atomic E-state index is 13.2. The normalized spacial score (nSPS) is 10.7. The molecule has 2 rings (SSSR count). The van der Waals surface area contributed by atoms with Crippen LogP contribution in [0, 0.1) is 11.6 Å². The number of hydrogen-bond acceptors (Lipinski definition) is 2. The summed E-state index contributed by atoms with van der Waals surface area (Å²) in [4.78, 5) is 4.06. The molecule has 0 aliphatic rings. The second-order valence-electron chi connectivity index (χ2n) is 3.86. The minimum atomic E-state index is -0.955. The molecule has 0 fully saturated rings. The first kappa shape index (κ1) is 12.9. The smallest absolute Gasteiger partial charge is 0.160 e. The minimum Gasteiger partial charge on any atom is -0.316 e. The van der Waals surface area contributed by atoms with Gasteiger partial charge in [0.15, 0.2) is 11.6 Å². The van der Waals surface area contributed by atoms with Crippen molar-refractivity contribution in [3.8, 4) is 11.1 Å². The van der Waals surface area contributed by atoms with Crippen LogP contribution in [0.2, 0.25) is 5.02 Å². The molecule has 0 saturated carbocycles. The fourth-order valence-electron chi connectivity index (χ4n) is 1.68. The SMILES string of the molecule is CNCc1cncc(-c2cc(F)c(F)cc2Cl)c1. The minimum absolute atomic E-state index is 0.164. The van der Waals surface area contributed by atoms with Gasteiger partial charge in [0.2, 0.25) is 0 Å². The molecule has 5 heteroatoms. The van der Waals surface area contributed by atoms with Gasteiger partial charge in [-0.3, -0.25) is 4.98 Å². The van der Waals surface area contributed by atoms with Crippen LogP contribution in [0.3, 0.4) is 0 Å². The molecule has 2 nitrogen and oxygen atoms in total. The Balaban J connectivity index is 2.48. The molecular weight excluding hydrogens is 258 g/mol. The summed E-state index contributed by atoms with van der Waals surface area (Å²) in [7, 11) is 1.82. The van der Waals surface area contributed by atoms with Gasteiger partial charge in [-0.05, 0) is 30.8 Å². The molecule has 0 aliphatic heterocycles. The monoisotopic (exact) mass is 268 g/mol. The van der Waals surface area contributed by atoms with Crippen LogP contribution in [0.4, 0.5) is 8.78 Å². The van der Waals surface area contributed by atoms with E-state index in [0.29, 0.717) is 17.7 Å². The molecule has 0 spiro atoms. The molecular formula is C13H11ClF2N2. The lowest BCUT2D eigenvalue weighted by molar-refractivity contribution is 0.509. The van der Waals surface area contributed by atoms with Gasteiger partial charge in [0.05, 0.1) is 5.02 Å². The van der Waals surface area contributed by atoms with Gasteiger partial charge in [0.25, 0.3) is 0 Å². The summed E-state index contributed by atoms with van der Waals surface area (Å²) in [5.74, 6) is -1.88. The van der Waals surface area contributed by atoms with Crippen molar-refractivity contribution in [2.75, 3.05) is 7.05 Å². The van der Waals surface area contributed by atoms with Crippen LogP contribution >= 0.6 is 11.6 Å². The number of hydrogen-bond donors (Lipinski definition) is 1. The lowest BCUT2D eigenvalue weighted by Crippen LogP contribution is -2.05. The highest BCUT2D eigenvalue weighted by atomic mass is 35.5. The van der Waals surface area contributed by atoms with E-state index in [2.05, 4.69) is 10.3 Å². The number of rotatable bonds is 3. The van der Waals surface area contributed by atoms with Crippen molar-refractivity contribution >= 4 is 11.6 Å². The van der Waals surface area contributed by atoms with E-state index in [1.54, 1.807) is 12.4 Å². The Hall–Kier alpha value is -1.52. The standard InChI is InChI=1S/C13H11ClF2N2/c1-17-5-8-2-9(7-18-6-8)10-3-12(15)13(16)4-11(10)14/h2-4,6-7,17H,5H2,1H3. The molecule has 1 N–H and O–H groups in total. The number of pyridine rings is 1. The third-order valence-corrected chi connectivity index (χ3v) is 2.81. The molecule has 18 heavy (non-hydrogen) atoms. The summed E-state index contributed by atoms with van der Waals surface area (Å²) in [5, 5.41) is 3.15. The second kappa shape index (κ2) is 5.42. The van der Waals surface area contributed by atoms with Gasteiger partial charge in [0, 0.05) is 30.1 Å². The summed E-state index contributed by atoms with van der Waals surface area (Å²) < 4.78 is 26.2. The first-order valence-corrected chi connectivity index (χ1v) is 5.73. The number of benzene rings is 1. The van der Waals surface area contributed by atoms with Gasteiger partial charge in [-0.2, -0.15) is 0 Å². The van der Waals surface area contributed by atoms with Crippen molar-refractivity contribution in [3.05, 3.63) is 52.8 Å². The van der Waals surface area contributed by atoms with E-state index in [-0.39, 0.29) is 5.02 Å². The lowest BCUT2D eigenvalue weighted by Gasteiger charge is -2.07.